The van der Waals surface area contributed by atoms with Crippen molar-refractivity contribution >= 4 is 0 Å². The first-order chi connectivity index (χ1) is 6.76. The minimum Gasteiger partial charge on any atom is -0.392 e. The van der Waals surface area contributed by atoms with Gasteiger partial charge in [0, 0.05) is 13.0 Å². The van der Waals surface area contributed by atoms with Crippen molar-refractivity contribution in [1.82, 2.24) is 0 Å². The molecule has 84 valence electrons. The van der Waals surface area contributed by atoms with Crippen LogP contribution in [0.2, 0.25) is 0 Å². The number of hydrogen-bond acceptors (Lipinski definition) is 2. The van der Waals surface area contributed by atoms with Crippen LogP contribution in [0.15, 0.2) is 12.2 Å². The van der Waals surface area contributed by atoms with E-state index in [1.165, 1.54) is 19.3 Å². The molecular formula is C12H24O2. The van der Waals surface area contributed by atoms with Crippen LogP contribution in [0, 0.1) is 5.92 Å². The van der Waals surface area contributed by atoms with E-state index in [1.807, 2.05) is 6.08 Å². The van der Waals surface area contributed by atoms with E-state index in [4.69, 9.17) is 9.84 Å². The molecule has 0 heterocycles. The predicted molar refractivity (Wildman–Crippen MR) is 60.3 cm³/mol. The van der Waals surface area contributed by atoms with Gasteiger partial charge in [0.15, 0.2) is 0 Å². The van der Waals surface area contributed by atoms with Crippen LogP contribution in [0.5, 0.6) is 0 Å². The average molecular weight is 200 g/mol. The van der Waals surface area contributed by atoms with Gasteiger partial charge in [0.05, 0.1) is 12.7 Å². The summed E-state index contributed by atoms with van der Waals surface area (Å²) < 4.78 is 5.42. The van der Waals surface area contributed by atoms with Gasteiger partial charge >= 0.3 is 0 Å². The van der Waals surface area contributed by atoms with Crippen LogP contribution in [0.3, 0.4) is 0 Å². The Morgan fingerprint density at radius 2 is 2.07 bits per heavy atom. The van der Waals surface area contributed by atoms with Crippen molar-refractivity contribution in [2.24, 2.45) is 5.92 Å². The molecule has 0 spiro atoms. The van der Waals surface area contributed by atoms with Gasteiger partial charge in [-0.2, -0.15) is 0 Å². The van der Waals surface area contributed by atoms with E-state index in [-0.39, 0.29) is 6.61 Å². The van der Waals surface area contributed by atoms with Gasteiger partial charge in [0.25, 0.3) is 0 Å². The highest BCUT2D eigenvalue weighted by atomic mass is 16.5. The fraction of sp³-hybridized carbons (Fsp3) is 0.833. The quantitative estimate of drug-likeness (QED) is 0.482. The predicted octanol–water partition coefficient (Wildman–Crippen LogP) is 2.77. The number of aliphatic hydroxyl groups excluding tert-OH is 1. The molecule has 0 fully saturated rings. The van der Waals surface area contributed by atoms with Gasteiger partial charge in [0.2, 0.25) is 0 Å². The van der Waals surface area contributed by atoms with Crippen LogP contribution in [-0.4, -0.2) is 24.9 Å². The Labute approximate surface area is 88.0 Å². The first-order valence-electron chi connectivity index (χ1n) is 5.56. The molecular weight excluding hydrogens is 176 g/mol. The molecule has 0 aliphatic heterocycles. The average Bonchev–Trinajstić information content (AvgIpc) is 2.21. The largest absolute Gasteiger partial charge is 0.392 e. The number of rotatable bonds is 8. The summed E-state index contributed by atoms with van der Waals surface area (Å²) in [6.07, 6.45) is 8.97. The van der Waals surface area contributed by atoms with Crippen molar-refractivity contribution in [1.29, 1.82) is 0 Å². The maximum atomic E-state index is 8.66. The molecule has 0 saturated heterocycles. The van der Waals surface area contributed by atoms with E-state index < -0.39 is 0 Å². The van der Waals surface area contributed by atoms with Crippen LogP contribution in [0.4, 0.5) is 0 Å². The molecule has 2 unspecified atom stereocenters. The van der Waals surface area contributed by atoms with Crippen molar-refractivity contribution in [2.45, 2.75) is 45.6 Å². The van der Waals surface area contributed by atoms with Crippen molar-refractivity contribution in [2.75, 3.05) is 13.7 Å². The summed E-state index contributed by atoms with van der Waals surface area (Å²) in [5.74, 6) is 0.393. The lowest BCUT2D eigenvalue weighted by molar-refractivity contribution is 0.0649. The highest BCUT2D eigenvalue weighted by molar-refractivity contribution is 4.89. The summed E-state index contributed by atoms with van der Waals surface area (Å²) in [5.41, 5.74) is 0. The molecule has 0 aromatic heterocycles. The van der Waals surface area contributed by atoms with E-state index in [0.29, 0.717) is 12.0 Å². The Morgan fingerprint density at radius 1 is 1.36 bits per heavy atom. The standard InChI is InChI=1S/C12H24O2/c1-4-5-6-9-12(14-3)11(2)8-7-10-13/h7-8,11-13H,4-6,9-10H2,1-3H3/b8-7+. The first-order valence-corrected chi connectivity index (χ1v) is 5.56. The summed E-state index contributed by atoms with van der Waals surface area (Å²) >= 11 is 0. The Morgan fingerprint density at radius 3 is 2.57 bits per heavy atom. The topological polar surface area (TPSA) is 29.5 Å². The summed E-state index contributed by atoms with van der Waals surface area (Å²) in [6, 6.07) is 0. The van der Waals surface area contributed by atoms with E-state index >= 15 is 0 Å². The highest BCUT2D eigenvalue weighted by Crippen LogP contribution is 2.15. The molecule has 0 bridgehead atoms. The van der Waals surface area contributed by atoms with E-state index in [9.17, 15) is 0 Å². The van der Waals surface area contributed by atoms with Crippen LogP contribution in [-0.2, 0) is 4.74 Å². The van der Waals surface area contributed by atoms with Crippen LogP contribution < -0.4 is 0 Å². The smallest absolute Gasteiger partial charge is 0.0631 e. The molecule has 0 rings (SSSR count). The van der Waals surface area contributed by atoms with Gasteiger partial charge < -0.3 is 9.84 Å². The summed E-state index contributed by atoms with van der Waals surface area (Å²) in [7, 11) is 1.76. The fourth-order valence-electron chi connectivity index (χ4n) is 1.59. The zero-order chi connectivity index (χ0) is 10.8. The second-order valence-electron chi connectivity index (χ2n) is 3.74. The second kappa shape index (κ2) is 9.22. The van der Waals surface area contributed by atoms with Gasteiger partial charge in [-0.1, -0.05) is 45.3 Å². The molecule has 0 saturated carbocycles. The fourth-order valence-corrected chi connectivity index (χ4v) is 1.59. The Bertz CT molecular complexity index is 143. The lowest BCUT2D eigenvalue weighted by atomic mass is 9.98. The lowest BCUT2D eigenvalue weighted by Crippen LogP contribution is -2.18. The first kappa shape index (κ1) is 13.7. The third kappa shape index (κ3) is 6.17. The zero-order valence-electron chi connectivity index (χ0n) is 9.70. The Balaban J connectivity index is 3.80. The highest BCUT2D eigenvalue weighted by Gasteiger charge is 2.12. The number of aliphatic hydroxyl groups is 1. The van der Waals surface area contributed by atoms with Gasteiger partial charge in [-0.3, -0.25) is 0 Å². The molecule has 2 nitrogen and oxygen atoms in total. The Hall–Kier alpha value is -0.340. The summed E-state index contributed by atoms with van der Waals surface area (Å²) in [4.78, 5) is 0. The molecule has 1 N–H and O–H groups in total. The lowest BCUT2D eigenvalue weighted by Gasteiger charge is -2.19. The SMILES string of the molecule is CCCCCC(OC)C(C)/C=C/CO. The monoisotopic (exact) mass is 200 g/mol. The van der Waals surface area contributed by atoms with Crippen LogP contribution in [0.1, 0.15) is 39.5 Å². The number of unbranched alkanes of at least 4 members (excludes halogenated alkanes) is 2. The summed E-state index contributed by atoms with van der Waals surface area (Å²) in [6.45, 7) is 4.46. The molecule has 0 aromatic carbocycles. The van der Waals surface area contributed by atoms with E-state index in [0.717, 1.165) is 6.42 Å². The molecule has 0 aromatic rings. The minimum atomic E-state index is 0.121. The molecule has 0 aliphatic rings. The maximum Gasteiger partial charge on any atom is 0.0631 e. The zero-order valence-corrected chi connectivity index (χ0v) is 9.70. The van der Waals surface area contributed by atoms with Gasteiger partial charge in [0.1, 0.15) is 0 Å². The number of hydrogen-bond donors (Lipinski definition) is 1. The van der Waals surface area contributed by atoms with Crippen molar-refractivity contribution in [3.8, 4) is 0 Å². The van der Waals surface area contributed by atoms with Gasteiger partial charge in [-0.05, 0) is 6.42 Å². The number of methoxy groups -OCH3 is 1. The number of ether oxygens (including phenoxy) is 1. The van der Waals surface area contributed by atoms with Crippen molar-refractivity contribution in [3.05, 3.63) is 12.2 Å². The summed E-state index contributed by atoms with van der Waals surface area (Å²) in [5, 5.41) is 8.66. The molecule has 0 radical (unpaired) electrons. The minimum absolute atomic E-state index is 0.121. The van der Waals surface area contributed by atoms with E-state index in [1.54, 1.807) is 13.2 Å². The molecule has 0 amide bonds. The third-order valence-electron chi connectivity index (χ3n) is 2.53. The maximum absolute atomic E-state index is 8.66. The van der Waals surface area contributed by atoms with Gasteiger partial charge in [-0.15, -0.1) is 0 Å². The molecule has 2 heteroatoms. The second-order valence-corrected chi connectivity index (χ2v) is 3.74. The van der Waals surface area contributed by atoms with Gasteiger partial charge in [-0.25, -0.2) is 0 Å². The third-order valence-corrected chi connectivity index (χ3v) is 2.53. The molecule has 0 aliphatic carbocycles. The van der Waals surface area contributed by atoms with E-state index in [2.05, 4.69) is 13.8 Å². The van der Waals surface area contributed by atoms with Crippen LogP contribution in [0.25, 0.3) is 0 Å². The molecule has 2 atom stereocenters. The molecule has 14 heavy (non-hydrogen) atoms. The Kier molecular flexibility index (Phi) is 9.00. The van der Waals surface area contributed by atoms with Crippen molar-refractivity contribution in [3.63, 3.8) is 0 Å². The van der Waals surface area contributed by atoms with Crippen molar-refractivity contribution < 1.29 is 9.84 Å². The van der Waals surface area contributed by atoms with Crippen LogP contribution >= 0.6 is 0 Å². The normalized spacial score (nSPS) is 16.0.